The van der Waals surface area contributed by atoms with Crippen molar-refractivity contribution in [2.45, 2.75) is 289 Å². The number of phosphoric acid groups is 1. The van der Waals surface area contributed by atoms with Gasteiger partial charge in [-0.15, -0.1) is 0 Å². The van der Waals surface area contributed by atoms with E-state index in [9.17, 15) is 19.4 Å². The van der Waals surface area contributed by atoms with Crippen LogP contribution < -0.4 is 10.2 Å². The largest absolute Gasteiger partial charge is 0.756 e. The van der Waals surface area contributed by atoms with Crippen molar-refractivity contribution in [3.05, 3.63) is 12.2 Å². The molecule has 0 saturated heterocycles. The van der Waals surface area contributed by atoms with Gasteiger partial charge < -0.3 is 28.8 Å². The van der Waals surface area contributed by atoms with Gasteiger partial charge in [-0.3, -0.25) is 9.36 Å². The van der Waals surface area contributed by atoms with Crippen LogP contribution in [0.2, 0.25) is 0 Å². The predicted molar refractivity (Wildman–Crippen MR) is 270 cm³/mol. The molecule has 0 spiro atoms. The van der Waals surface area contributed by atoms with Gasteiger partial charge in [0.05, 0.1) is 39.9 Å². The van der Waals surface area contributed by atoms with Crippen LogP contribution in [0.25, 0.3) is 0 Å². The maximum absolute atomic E-state index is 12.9. The second kappa shape index (κ2) is 46.4. The zero-order valence-electron chi connectivity index (χ0n) is 42.8. The van der Waals surface area contributed by atoms with Crippen molar-refractivity contribution in [3.63, 3.8) is 0 Å². The van der Waals surface area contributed by atoms with Crippen molar-refractivity contribution in [2.75, 3.05) is 40.9 Å². The number of carbonyl (C=O) groups is 1. The Kier molecular flexibility index (Phi) is 45.8. The molecular formula is C54H109N2O6P. The Balaban J connectivity index is 3.93. The summed E-state index contributed by atoms with van der Waals surface area (Å²) in [7, 11) is 1.27. The minimum absolute atomic E-state index is 0.00205. The predicted octanol–water partition coefficient (Wildman–Crippen LogP) is 15.6. The molecular weight excluding hydrogens is 804 g/mol. The molecule has 0 aromatic heterocycles. The monoisotopic (exact) mass is 913 g/mol. The SMILES string of the molecule is CCCCCCCCCC/C=C/[C@@H](O)[C@H](COP(=O)([O-])OCC[N+](C)(C)C)NC(=O)CCCCCCCCCCCCCCCCCCCCCCCCCCCCCCCCC. The smallest absolute Gasteiger partial charge is 0.268 e. The standard InChI is InChI=1S/C54H109N2O6P/c1-6-8-10-12-14-16-18-19-20-21-22-23-24-25-26-27-28-29-30-31-32-33-34-35-36-37-38-40-42-44-46-48-54(58)55-52(51-62-63(59,60)61-50-49-56(3,4)5)53(57)47-45-43-41-39-17-15-13-11-9-7-2/h45,47,52-53,57H,6-44,46,48-51H2,1-5H3,(H-,55,58,59,60)/b47-45+/t52-,53+/m0/s1. The van der Waals surface area contributed by atoms with E-state index in [1.807, 2.05) is 27.2 Å². The molecule has 8 nitrogen and oxygen atoms in total. The number of hydrogen-bond acceptors (Lipinski definition) is 6. The minimum atomic E-state index is -4.58. The Morgan fingerprint density at radius 3 is 1.19 bits per heavy atom. The number of amides is 1. The van der Waals surface area contributed by atoms with Gasteiger partial charge in [-0.2, -0.15) is 0 Å². The molecule has 0 aliphatic heterocycles. The van der Waals surface area contributed by atoms with E-state index in [1.54, 1.807) is 6.08 Å². The van der Waals surface area contributed by atoms with E-state index in [2.05, 4.69) is 19.2 Å². The average molecular weight is 913 g/mol. The van der Waals surface area contributed by atoms with Crippen LogP contribution in [0.4, 0.5) is 0 Å². The van der Waals surface area contributed by atoms with Crippen LogP contribution in [-0.2, 0) is 18.4 Å². The van der Waals surface area contributed by atoms with Gasteiger partial charge in [0.2, 0.25) is 5.91 Å². The molecule has 0 rings (SSSR count). The van der Waals surface area contributed by atoms with E-state index in [0.717, 1.165) is 38.5 Å². The number of likely N-dealkylation sites (N-methyl/N-ethyl adjacent to an activating group) is 1. The van der Waals surface area contributed by atoms with Crippen molar-refractivity contribution in [1.29, 1.82) is 0 Å². The topological polar surface area (TPSA) is 108 Å². The van der Waals surface area contributed by atoms with Gasteiger partial charge in [0.25, 0.3) is 7.82 Å². The molecule has 0 aromatic rings. The molecule has 0 bridgehead atoms. The number of aliphatic hydroxyl groups is 1. The summed E-state index contributed by atoms with van der Waals surface area (Å²) in [4.78, 5) is 25.3. The van der Waals surface area contributed by atoms with Gasteiger partial charge in [-0.1, -0.05) is 264 Å². The van der Waals surface area contributed by atoms with Crippen molar-refractivity contribution in [3.8, 4) is 0 Å². The van der Waals surface area contributed by atoms with E-state index in [0.29, 0.717) is 17.4 Å². The zero-order valence-corrected chi connectivity index (χ0v) is 43.7. The summed E-state index contributed by atoms with van der Waals surface area (Å²) in [6.07, 6.45) is 55.9. The fourth-order valence-corrected chi connectivity index (χ4v) is 9.11. The highest BCUT2D eigenvalue weighted by Gasteiger charge is 2.23. The number of aliphatic hydroxyl groups excluding tert-OH is 1. The number of hydrogen-bond donors (Lipinski definition) is 2. The van der Waals surface area contributed by atoms with E-state index < -0.39 is 20.0 Å². The third-order valence-corrected chi connectivity index (χ3v) is 13.7. The van der Waals surface area contributed by atoms with Crippen molar-refractivity contribution < 1.29 is 32.9 Å². The second-order valence-corrected chi connectivity index (χ2v) is 21.7. The Morgan fingerprint density at radius 1 is 0.540 bits per heavy atom. The number of nitrogens with zero attached hydrogens (tertiary/aromatic N) is 1. The lowest BCUT2D eigenvalue weighted by Crippen LogP contribution is -2.45. The van der Waals surface area contributed by atoms with Crippen LogP contribution >= 0.6 is 7.82 Å². The summed E-state index contributed by atoms with van der Waals surface area (Å²) >= 11 is 0. The zero-order chi connectivity index (χ0) is 46.4. The van der Waals surface area contributed by atoms with Gasteiger partial charge >= 0.3 is 0 Å². The molecule has 0 aromatic carbocycles. The molecule has 9 heteroatoms. The third-order valence-electron chi connectivity index (χ3n) is 12.7. The summed E-state index contributed by atoms with van der Waals surface area (Å²) in [6.45, 7) is 4.66. The highest BCUT2D eigenvalue weighted by atomic mass is 31.2. The van der Waals surface area contributed by atoms with E-state index in [-0.39, 0.29) is 19.1 Å². The van der Waals surface area contributed by atoms with E-state index in [1.165, 1.54) is 218 Å². The third kappa shape index (κ3) is 49.0. The Labute approximate surface area is 392 Å². The first-order valence-corrected chi connectivity index (χ1v) is 29.0. The fourth-order valence-electron chi connectivity index (χ4n) is 8.39. The molecule has 2 N–H and O–H groups in total. The minimum Gasteiger partial charge on any atom is -0.756 e. The molecule has 0 aliphatic rings. The van der Waals surface area contributed by atoms with Crippen LogP contribution in [0.5, 0.6) is 0 Å². The number of unbranched alkanes of at least 4 members (excludes halogenated alkanes) is 38. The fraction of sp³-hybridized carbons (Fsp3) is 0.944. The van der Waals surface area contributed by atoms with Crippen molar-refractivity contribution in [1.82, 2.24) is 5.32 Å². The van der Waals surface area contributed by atoms with Gasteiger partial charge in [0.1, 0.15) is 13.2 Å². The number of carbonyl (C=O) groups excluding carboxylic acids is 1. The summed E-state index contributed by atoms with van der Waals surface area (Å²) in [5.74, 6) is -0.193. The van der Waals surface area contributed by atoms with Crippen LogP contribution in [0.3, 0.4) is 0 Å². The lowest BCUT2D eigenvalue weighted by molar-refractivity contribution is -0.870. The first-order chi connectivity index (χ1) is 30.5. The highest BCUT2D eigenvalue weighted by molar-refractivity contribution is 7.45. The molecule has 0 fully saturated rings. The second-order valence-electron chi connectivity index (χ2n) is 20.3. The van der Waals surface area contributed by atoms with E-state index in [4.69, 9.17) is 9.05 Å². The molecule has 0 radical (unpaired) electrons. The highest BCUT2D eigenvalue weighted by Crippen LogP contribution is 2.38. The van der Waals surface area contributed by atoms with Crippen LogP contribution in [0, 0.1) is 0 Å². The Hall–Kier alpha value is -0.760. The first-order valence-electron chi connectivity index (χ1n) is 27.6. The molecule has 3 atom stereocenters. The maximum Gasteiger partial charge on any atom is 0.268 e. The molecule has 0 heterocycles. The number of rotatable bonds is 51. The van der Waals surface area contributed by atoms with Gasteiger partial charge in [-0.25, -0.2) is 0 Å². The van der Waals surface area contributed by atoms with Gasteiger partial charge in [0, 0.05) is 6.42 Å². The summed E-state index contributed by atoms with van der Waals surface area (Å²) in [6, 6.07) is -0.880. The molecule has 63 heavy (non-hydrogen) atoms. The molecule has 376 valence electrons. The van der Waals surface area contributed by atoms with Crippen molar-refractivity contribution >= 4 is 13.7 Å². The van der Waals surface area contributed by atoms with Crippen LogP contribution in [0.1, 0.15) is 277 Å². The lowest BCUT2D eigenvalue weighted by Gasteiger charge is -2.29. The molecule has 0 aliphatic carbocycles. The van der Waals surface area contributed by atoms with Gasteiger partial charge in [0.15, 0.2) is 0 Å². The quantitative estimate of drug-likeness (QED) is 0.0272. The Bertz CT molecular complexity index is 1040. The number of allylic oxidation sites excluding steroid dienone is 1. The Morgan fingerprint density at radius 2 is 0.857 bits per heavy atom. The summed E-state index contributed by atoms with van der Waals surface area (Å²) < 4.78 is 23.2. The summed E-state index contributed by atoms with van der Waals surface area (Å²) in [5.41, 5.74) is 0. The van der Waals surface area contributed by atoms with Crippen molar-refractivity contribution in [2.24, 2.45) is 0 Å². The summed E-state index contributed by atoms with van der Waals surface area (Å²) in [5, 5.41) is 13.8. The normalized spacial score (nSPS) is 14.1. The number of quaternary nitrogens is 1. The number of phosphoric ester groups is 1. The average Bonchev–Trinajstić information content (AvgIpc) is 3.24. The molecule has 1 amide bonds. The van der Waals surface area contributed by atoms with Gasteiger partial charge in [-0.05, 0) is 19.3 Å². The first kappa shape index (κ1) is 62.2. The molecule has 1 unspecified atom stereocenters. The van der Waals surface area contributed by atoms with E-state index >= 15 is 0 Å². The van der Waals surface area contributed by atoms with Crippen LogP contribution in [-0.4, -0.2) is 68.5 Å². The number of nitrogens with one attached hydrogen (secondary N) is 1. The van der Waals surface area contributed by atoms with Crippen LogP contribution in [0.15, 0.2) is 12.2 Å². The maximum atomic E-state index is 12.9. The molecule has 0 saturated carbocycles. The lowest BCUT2D eigenvalue weighted by atomic mass is 10.0.